The summed E-state index contributed by atoms with van der Waals surface area (Å²) in [7, 11) is 0. The van der Waals surface area contributed by atoms with Gasteiger partial charge in [0.25, 0.3) is 0 Å². The molecule has 0 aliphatic carbocycles. The van der Waals surface area contributed by atoms with Crippen molar-refractivity contribution in [3.63, 3.8) is 0 Å². The maximum atomic E-state index is 10.1. The van der Waals surface area contributed by atoms with Crippen molar-refractivity contribution in [2.45, 2.75) is 63.4 Å². The predicted octanol–water partition coefficient (Wildman–Crippen LogP) is 5.19. The maximum Gasteiger partial charge on any atom is 0.0790 e. The highest BCUT2D eigenvalue weighted by atomic mass is 32.2. The molecule has 1 atom stereocenters. The molecule has 1 unspecified atom stereocenters. The third-order valence-corrected chi connectivity index (χ3v) is 4.05. The van der Waals surface area contributed by atoms with Gasteiger partial charge in [0.15, 0.2) is 0 Å². The summed E-state index contributed by atoms with van der Waals surface area (Å²) in [6, 6.07) is 8.36. The van der Waals surface area contributed by atoms with Crippen molar-refractivity contribution in [2.24, 2.45) is 0 Å². The number of unbranched alkanes of at least 4 members (excludes halogenated alkanes) is 4. The van der Waals surface area contributed by atoms with Gasteiger partial charge in [0, 0.05) is 4.90 Å². The molecule has 0 saturated carbocycles. The first-order valence-electron chi connectivity index (χ1n) is 7.18. The van der Waals surface area contributed by atoms with E-state index in [-0.39, 0.29) is 6.10 Å². The summed E-state index contributed by atoms with van der Waals surface area (Å²) in [6.45, 7) is 4.38. The quantitative estimate of drug-likeness (QED) is 0.490. The zero-order valence-corrected chi connectivity index (χ0v) is 12.5. The van der Waals surface area contributed by atoms with Crippen molar-refractivity contribution in [3.8, 4) is 0 Å². The summed E-state index contributed by atoms with van der Waals surface area (Å²) in [5, 5.41) is 10.1. The van der Waals surface area contributed by atoms with E-state index in [1.54, 1.807) is 0 Å². The molecule has 102 valence electrons. The van der Waals surface area contributed by atoms with Crippen LogP contribution in [0.25, 0.3) is 0 Å². The second-order valence-corrected chi connectivity index (χ2v) is 6.06. The zero-order chi connectivity index (χ0) is 13.2. The number of rotatable bonds is 9. The molecule has 2 heteroatoms. The Kier molecular flexibility index (Phi) is 8.19. The van der Waals surface area contributed by atoms with E-state index in [2.05, 4.69) is 38.1 Å². The maximum absolute atomic E-state index is 10.1. The van der Waals surface area contributed by atoms with Crippen LogP contribution < -0.4 is 0 Å². The Hall–Kier alpha value is -0.470. The highest BCUT2D eigenvalue weighted by Gasteiger charge is 2.06. The fraction of sp³-hybridized carbons (Fsp3) is 0.625. The average molecular weight is 266 g/mol. The van der Waals surface area contributed by atoms with Gasteiger partial charge < -0.3 is 5.11 Å². The summed E-state index contributed by atoms with van der Waals surface area (Å²) in [4.78, 5) is 1.29. The molecule has 1 aromatic carbocycles. The molecule has 18 heavy (non-hydrogen) atoms. The van der Waals surface area contributed by atoms with Gasteiger partial charge in [0.2, 0.25) is 0 Å². The molecule has 0 bridgehead atoms. The van der Waals surface area contributed by atoms with Crippen molar-refractivity contribution >= 4 is 11.8 Å². The first kappa shape index (κ1) is 15.6. The van der Waals surface area contributed by atoms with Gasteiger partial charge >= 0.3 is 0 Å². The van der Waals surface area contributed by atoms with E-state index in [9.17, 15) is 5.11 Å². The standard InChI is InChI=1S/C16H26OS/c1-3-5-6-7-8-9-16(17)14-10-12-15(13-11-14)18-4-2/h10-13,16-17H,3-9H2,1-2H3. The zero-order valence-electron chi connectivity index (χ0n) is 11.7. The van der Waals surface area contributed by atoms with Gasteiger partial charge in [-0.25, -0.2) is 0 Å². The monoisotopic (exact) mass is 266 g/mol. The molecule has 0 saturated heterocycles. The molecule has 0 amide bonds. The van der Waals surface area contributed by atoms with Crippen molar-refractivity contribution in [1.29, 1.82) is 0 Å². The molecule has 0 aliphatic heterocycles. The molecule has 1 nitrogen and oxygen atoms in total. The van der Waals surface area contributed by atoms with Gasteiger partial charge in [-0.2, -0.15) is 0 Å². The Morgan fingerprint density at radius 2 is 1.67 bits per heavy atom. The van der Waals surface area contributed by atoms with Crippen LogP contribution in [0.5, 0.6) is 0 Å². The van der Waals surface area contributed by atoms with E-state index in [1.807, 2.05) is 11.8 Å². The van der Waals surface area contributed by atoms with Crippen LogP contribution in [-0.4, -0.2) is 10.9 Å². The lowest BCUT2D eigenvalue weighted by Gasteiger charge is -2.11. The van der Waals surface area contributed by atoms with Gasteiger partial charge in [-0.15, -0.1) is 11.8 Å². The molecule has 1 aromatic rings. The molecule has 0 heterocycles. The van der Waals surface area contributed by atoms with Gasteiger partial charge in [-0.05, 0) is 29.9 Å². The third-order valence-electron chi connectivity index (χ3n) is 3.16. The molecule has 1 N–H and O–H groups in total. The van der Waals surface area contributed by atoms with Crippen molar-refractivity contribution in [1.82, 2.24) is 0 Å². The number of hydrogen-bond donors (Lipinski definition) is 1. The van der Waals surface area contributed by atoms with Crippen LogP contribution in [0.15, 0.2) is 29.2 Å². The van der Waals surface area contributed by atoms with Crippen molar-refractivity contribution in [3.05, 3.63) is 29.8 Å². The first-order chi connectivity index (χ1) is 8.77. The van der Waals surface area contributed by atoms with E-state index in [0.717, 1.165) is 24.2 Å². The summed E-state index contributed by atoms with van der Waals surface area (Å²) in [5.41, 5.74) is 1.06. The highest BCUT2D eigenvalue weighted by Crippen LogP contribution is 2.23. The van der Waals surface area contributed by atoms with Crippen LogP contribution in [0.2, 0.25) is 0 Å². The average Bonchev–Trinajstić information content (AvgIpc) is 2.39. The van der Waals surface area contributed by atoms with E-state index < -0.39 is 0 Å². The summed E-state index contributed by atoms with van der Waals surface area (Å²) in [5.74, 6) is 1.10. The number of hydrogen-bond acceptors (Lipinski definition) is 2. The topological polar surface area (TPSA) is 20.2 Å². The lowest BCUT2D eigenvalue weighted by atomic mass is 10.0. The second-order valence-electron chi connectivity index (χ2n) is 4.72. The molecule has 0 radical (unpaired) electrons. The molecular formula is C16H26OS. The van der Waals surface area contributed by atoms with E-state index in [0.29, 0.717) is 0 Å². The van der Waals surface area contributed by atoms with Gasteiger partial charge in [-0.3, -0.25) is 0 Å². The van der Waals surface area contributed by atoms with Gasteiger partial charge in [0.05, 0.1) is 6.10 Å². The van der Waals surface area contributed by atoms with Gasteiger partial charge in [-0.1, -0.05) is 58.1 Å². The Morgan fingerprint density at radius 3 is 2.28 bits per heavy atom. The smallest absolute Gasteiger partial charge is 0.0790 e. The van der Waals surface area contributed by atoms with Crippen LogP contribution in [0.3, 0.4) is 0 Å². The van der Waals surface area contributed by atoms with Crippen LogP contribution in [0.1, 0.15) is 64.0 Å². The molecule has 0 aliphatic rings. The minimum atomic E-state index is -0.285. The van der Waals surface area contributed by atoms with Crippen LogP contribution in [0.4, 0.5) is 0 Å². The lowest BCUT2D eigenvalue weighted by Crippen LogP contribution is -1.97. The predicted molar refractivity (Wildman–Crippen MR) is 81.2 cm³/mol. The second kappa shape index (κ2) is 9.46. The normalized spacial score (nSPS) is 12.6. The molecule has 0 fully saturated rings. The van der Waals surface area contributed by atoms with Gasteiger partial charge in [0.1, 0.15) is 0 Å². The molecule has 1 rings (SSSR count). The third kappa shape index (κ3) is 5.92. The summed E-state index contributed by atoms with van der Waals surface area (Å²) in [6.07, 6.45) is 6.88. The number of thioether (sulfide) groups is 1. The summed E-state index contributed by atoms with van der Waals surface area (Å²) >= 11 is 1.84. The SMILES string of the molecule is CCCCCCCC(O)c1ccc(SCC)cc1. The minimum Gasteiger partial charge on any atom is -0.388 e. The summed E-state index contributed by atoms with van der Waals surface area (Å²) < 4.78 is 0. The fourth-order valence-corrected chi connectivity index (χ4v) is 2.72. The Balaban J connectivity index is 2.30. The Labute approximate surface area is 116 Å². The highest BCUT2D eigenvalue weighted by molar-refractivity contribution is 7.99. The Bertz CT molecular complexity index is 307. The van der Waals surface area contributed by atoms with Crippen molar-refractivity contribution < 1.29 is 5.11 Å². The molecular weight excluding hydrogens is 240 g/mol. The fourth-order valence-electron chi connectivity index (χ4n) is 2.06. The van der Waals surface area contributed by atoms with Crippen LogP contribution in [-0.2, 0) is 0 Å². The van der Waals surface area contributed by atoms with Crippen LogP contribution >= 0.6 is 11.8 Å². The lowest BCUT2D eigenvalue weighted by molar-refractivity contribution is 0.163. The molecule has 0 spiro atoms. The number of aliphatic hydroxyl groups is 1. The van der Waals surface area contributed by atoms with Crippen molar-refractivity contribution in [2.75, 3.05) is 5.75 Å². The molecule has 0 aromatic heterocycles. The Morgan fingerprint density at radius 1 is 1.00 bits per heavy atom. The first-order valence-corrected chi connectivity index (χ1v) is 8.17. The largest absolute Gasteiger partial charge is 0.388 e. The number of aliphatic hydroxyl groups excluding tert-OH is 1. The van der Waals surface area contributed by atoms with E-state index in [1.165, 1.54) is 30.6 Å². The number of benzene rings is 1. The van der Waals surface area contributed by atoms with E-state index in [4.69, 9.17) is 0 Å². The van der Waals surface area contributed by atoms with Crippen LogP contribution in [0, 0.1) is 0 Å². The minimum absolute atomic E-state index is 0.285. The van der Waals surface area contributed by atoms with E-state index >= 15 is 0 Å².